The molecule has 0 aromatic carbocycles. The van der Waals surface area contributed by atoms with Crippen LogP contribution in [-0.2, 0) is 16.0 Å². The van der Waals surface area contributed by atoms with Crippen LogP contribution in [0.25, 0.3) is 0 Å². The van der Waals surface area contributed by atoms with Crippen LogP contribution in [0.15, 0.2) is 11.6 Å². The van der Waals surface area contributed by atoms with Gasteiger partial charge in [0.1, 0.15) is 5.01 Å². The summed E-state index contributed by atoms with van der Waals surface area (Å²) in [7, 11) is 0. The smallest absolute Gasteiger partial charge is 0.107 e. The summed E-state index contributed by atoms with van der Waals surface area (Å²) < 4.78 is 12.1. The average molecular weight is 308 g/mol. The van der Waals surface area contributed by atoms with E-state index in [4.69, 9.17) is 9.47 Å². The fourth-order valence-electron chi connectivity index (χ4n) is 3.56. The van der Waals surface area contributed by atoms with Gasteiger partial charge in [0.2, 0.25) is 0 Å². The molecule has 1 aromatic rings. The molecule has 1 aromatic heterocycles. The molecule has 0 bridgehead atoms. The zero-order chi connectivity index (χ0) is 14.1. The molecule has 1 unspecified atom stereocenters. The standard InChI is InChI=1S/C16H24N2O2S/c1-2-12(1)10-19-11-13-3-4-14-15(20-13)5-7-18(14)9-16-17-6-8-21-16/h6,8,12-15H,1-5,7,9-11H2/t13?,14-,15-/m1/s1. The van der Waals surface area contributed by atoms with Crippen LogP contribution in [0.3, 0.4) is 0 Å². The third-order valence-corrected chi connectivity index (χ3v) is 5.69. The summed E-state index contributed by atoms with van der Waals surface area (Å²) in [4.78, 5) is 6.97. The molecule has 4 nitrogen and oxygen atoms in total. The average Bonchev–Trinajstić information content (AvgIpc) is 3.03. The number of aromatic nitrogens is 1. The summed E-state index contributed by atoms with van der Waals surface area (Å²) in [6.45, 7) is 3.88. The molecule has 3 heterocycles. The first-order chi connectivity index (χ1) is 10.4. The minimum Gasteiger partial charge on any atom is -0.378 e. The topological polar surface area (TPSA) is 34.6 Å². The molecule has 1 aliphatic carbocycles. The van der Waals surface area contributed by atoms with Crippen LogP contribution in [0.1, 0.15) is 37.1 Å². The SMILES string of the molecule is c1csc(CN2CC[C@H]3OC(COCC4CC4)CC[C@H]32)n1. The second-order valence-electron chi connectivity index (χ2n) is 6.61. The van der Waals surface area contributed by atoms with Crippen LogP contribution >= 0.6 is 11.3 Å². The first-order valence-corrected chi connectivity index (χ1v) is 9.12. The van der Waals surface area contributed by atoms with Crippen molar-refractivity contribution in [1.29, 1.82) is 0 Å². The lowest BCUT2D eigenvalue weighted by Gasteiger charge is -2.35. The molecule has 1 saturated carbocycles. The Morgan fingerprint density at radius 3 is 3.00 bits per heavy atom. The van der Waals surface area contributed by atoms with E-state index in [1.54, 1.807) is 11.3 Å². The molecule has 0 N–H and O–H groups in total. The van der Waals surface area contributed by atoms with Crippen LogP contribution in [0.4, 0.5) is 0 Å². The van der Waals surface area contributed by atoms with Crippen LogP contribution in [0.2, 0.25) is 0 Å². The van der Waals surface area contributed by atoms with Crippen molar-refractivity contribution in [3.05, 3.63) is 16.6 Å². The minimum absolute atomic E-state index is 0.324. The Hall–Kier alpha value is -0.490. The summed E-state index contributed by atoms with van der Waals surface area (Å²) >= 11 is 1.76. The number of fused-ring (bicyclic) bond motifs is 1. The number of hydrogen-bond acceptors (Lipinski definition) is 5. The quantitative estimate of drug-likeness (QED) is 0.809. The molecule has 2 saturated heterocycles. The van der Waals surface area contributed by atoms with Gasteiger partial charge in [-0.1, -0.05) is 0 Å². The van der Waals surface area contributed by atoms with Crippen molar-refractivity contribution >= 4 is 11.3 Å². The van der Waals surface area contributed by atoms with E-state index in [-0.39, 0.29) is 0 Å². The maximum Gasteiger partial charge on any atom is 0.107 e. The summed E-state index contributed by atoms with van der Waals surface area (Å²) in [6, 6.07) is 0.591. The number of ether oxygens (including phenoxy) is 2. The van der Waals surface area contributed by atoms with Crippen molar-refractivity contribution in [1.82, 2.24) is 9.88 Å². The highest BCUT2D eigenvalue weighted by Crippen LogP contribution is 2.33. The van der Waals surface area contributed by atoms with Gasteiger partial charge in [0, 0.05) is 30.8 Å². The van der Waals surface area contributed by atoms with E-state index in [0.717, 1.165) is 45.1 Å². The molecule has 4 rings (SSSR count). The maximum atomic E-state index is 6.28. The zero-order valence-corrected chi connectivity index (χ0v) is 13.3. The fourth-order valence-corrected chi connectivity index (χ4v) is 4.20. The molecule has 5 heteroatoms. The molecule has 116 valence electrons. The number of thiazole rings is 1. The molecule has 21 heavy (non-hydrogen) atoms. The Morgan fingerprint density at radius 1 is 1.24 bits per heavy atom. The first kappa shape index (κ1) is 14.1. The summed E-state index contributed by atoms with van der Waals surface area (Å²) in [5.41, 5.74) is 0. The molecule has 0 amide bonds. The summed E-state index contributed by atoms with van der Waals surface area (Å²) in [5, 5.41) is 3.29. The largest absolute Gasteiger partial charge is 0.378 e. The van der Waals surface area contributed by atoms with Crippen LogP contribution in [-0.4, -0.2) is 47.9 Å². The predicted octanol–water partition coefficient (Wildman–Crippen LogP) is 2.69. The van der Waals surface area contributed by atoms with Crippen LogP contribution in [0.5, 0.6) is 0 Å². The lowest BCUT2D eigenvalue weighted by Crippen LogP contribution is -2.43. The molecule has 0 radical (unpaired) electrons. The van der Waals surface area contributed by atoms with E-state index in [0.29, 0.717) is 18.2 Å². The van der Waals surface area contributed by atoms with Gasteiger partial charge >= 0.3 is 0 Å². The lowest BCUT2D eigenvalue weighted by molar-refractivity contribution is -0.101. The minimum atomic E-state index is 0.324. The van der Waals surface area contributed by atoms with Gasteiger partial charge in [-0.3, -0.25) is 4.90 Å². The highest BCUT2D eigenvalue weighted by Gasteiger charge is 2.40. The Bertz CT molecular complexity index is 449. The predicted molar refractivity (Wildman–Crippen MR) is 82.4 cm³/mol. The number of nitrogens with zero attached hydrogens (tertiary/aromatic N) is 2. The summed E-state index contributed by atoms with van der Waals surface area (Å²) in [6.07, 6.45) is 8.91. The highest BCUT2D eigenvalue weighted by molar-refractivity contribution is 7.09. The van der Waals surface area contributed by atoms with Gasteiger partial charge in [0.05, 0.1) is 25.4 Å². The molecular formula is C16H24N2O2S. The van der Waals surface area contributed by atoms with Gasteiger partial charge in [-0.15, -0.1) is 11.3 Å². The van der Waals surface area contributed by atoms with E-state index in [2.05, 4.69) is 15.3 Å². The number of rotatable bonds is 6. The van der Waals surface area contributed by atoms with Gasteiger partial charge in [-0.05, 0) is 38.0 Å². The maximum absolute atomic E-state index is 6.28. The van der Waals surface area contributed by atoms with Crippen molar-refractivity contribution < 1.29 is 9.47 Å². The van der Waals surface area contributed by atoms with E-state index in [1.807, 2.05) is 6.20 Å². The second kappa shape index (κ2) is 6.32. The van der Waals surface area contributed by atoms with E-state index < -0.39 is 0 Å². The van der Waals surface area contributed by atoms with E-state index in [9.17, 15) is 0 Å². The van der Waals surface area contributed by atoms with Crippen molar-refractivity contribution in [3.8, 4) is 0 Å². The molecule has 3 aliphatic rings. The highest BCUT2D eigenvalue weighted by atomic mass is 32.1. The zero-order valence-electron chi connectivity index (χ0n) is 12.4. The van der Waals surface area contributed by atoms with Crippen LogP contribution < -0.4 is 0 Å². The van der Waals surface area contributed by atoms with Crippen molar-refractivity contribution in [2.45, 2.75) is 56.9 Å². The van der Waals surface area contributed by atoms with Crippen molar-refractivity contribution in [2.24, 2.45) is 5.92 Å². The van der Waals surface area contributed by atoms with Gasteiger partial charge < -0.3 is 9.47 Å². The van der Waals surface area contributed by atoms with Gasteiger partial charge in [0.25, 0.3) is 0 Å². The van der Waals surface area contributed by atoms with Gasteiger partial charge in [-0.25, -0.2) is 4.98 Å². The van der Waals surface area contributed by atoms with Gasteiger partial charge in [0.15, 0.2) is 0 Å². The first-order valence-electron chi connectivity index (χ1n) is 8.24. The monoisotopic (exact) mass is 308 g/mol. The van der Waals surface area contributed by atoms with Crippen LogP contribution in [0, 0.1) is 5.92 Å². The Morgan fingerprint density at radius 2 is 2.19 bits per heavy atom. The van der Waals surface area contributed by atoms with Crippen molar-refractivity contribution in [2.75, 3.05) is 19.8 Å². The van der Waals surface area contributed by atoms with E-state index >= 15 is 0 Å². The Balaban J connectivity index is 1.25. The third-order valence-electron chi connectivity index (χ3n) is 4.93. The number of hydrogen-bond donors (Lipinski definition) is 0. The summed E-state index contributed by atoms with van der Waals surface area (Å²) in [5.74, 6) is 0.849. The molecule has 0 spiro atoms. The lowest BCUT2D eigenvalue weighted by atomic mass is 9.99. The normalized spacial score (nSPS) is 33.2. The fraction of sp³-hybridized carbons (Fsp3) is 0.812. The Kier molecular flexibility index (Phi) is 4.25. The van der Waals surface area contributed by atoms with E-state index in [1.165, 1.54) is 24.3 Å². The molecular weight excluding hydrogens is 284 g/mol. The molecule has 2 aliphatic heterocycles. The number of likely N-dealkylation sites (tertiary alicyclic amines) is 1. The van der Waals surface area contributed by atoms with Gasteiger partial charge in [-0.2, -0.15) is 0 Å². The second-order valence-corrected chi connectivity index (χ2v) is 7.59. The Labute approximate surface area is 130 Å². The van der Waals surface area contributed by atoms with Crippen molar-refractivity contribution in [3.63, 3.8) is 0 Å². The third kappa shape index (κ3) is 3.47. The molecule has 3 atom stereocenters. The molecule has 3 fully saturated rings.